The molecule has 0 aliphatic carbocycles. The average Bonchev–Trinajstić information content (AvgIpc) is 2.23. The second-order valence-electron chi connectivity index (χ2n) is 3.43. The van der Waals surface area contributed by atoms with E-state index in [-0.39, 0.29) is 0 Å². The number of methoxy groups -OCH3 is 1. The third kappa shape index (κ3) is 12.2. The summed E-state index contributed by atoms with van der Waals surface area (Å²) < 4.78 is 10.3. The van der Waals surface area contributed by atoms with Crippen molar-refractivity contribution in [2.24, 2.45) is 0 Å². The molecule has 0 fully saturated rings. The van der Waals surface area contributed by atoms with Crippen molar-refractivity contribution >= 4 is 11.8 Å². The number of nitrogens with one attached hydrogen (secondary N) is 1. The van der Waals surface area contributed by atoms with Crippen LogP contribution in [0.3, 0.4) is 0 Å². The van der Waals surface area contributed by atoms with Gasteiger partial charge in [-0.05, 0) is 19.9 Å². The lowest BCUT2D eigenvalue weighted by atomic mass is 10.4. The largest absolute Gasteiger partial charge is 0.384 e. The summed E-state index contributed by atoms with van der Waals surface area (Å²) in [7, 11) is 1.75. The van der Waals surface area contributed by atoms with Crippen LogP contribution >= 0.6 is 11.8 Å². The van der Waals surface area contributed by atoms with Gasteiger partial charge in [0, 0.05) is 37.9 Å². The zero-order chi connectivity index (χ0) is 11.4. The molecule has 0 bridgehead atoms. The molecule has 0 heterocycles. The minimum absolute atomic E-state index is 0.659. The van der Waals surface area contributed by atoms with E-state index in [0.717, 1.165) is 45.1 Å². The second kappa shape index (κ2) is 12.3. The molecule has 4 heteroatoms. The Kier molecular flexibility index (Phi) is 12.5. The normalized spacial score (nSPS) is 13.0. The first-order valence-corrected chi connectivity index (χ1v) is 6.75. The first kappa shape index (κ1) is 15.2. The topological polar surface area (TPSA) is 30.5 Å². The SMILES string of the molecule is CCOCCCNCC(C)SCCOC. The van der Waals surface area contributed by atoms with Crippen LogP contribution in [0.5, 0.6) is 0 Å². The summed E-state index contributed by atoms with van der Waals surface area (Å²) >= 11 is 1.95. The van der Waals surface area contributed by atoms with Crippen LogP contribution in [0.25, 0.3) is 0 Å². The smallest absolute Gasteiger partial charge is 0.0553 e. The summed E-state index contributed by atoms with van der Waals surface area (Å²) in [6, 6.07) is 0. The van der Waals surface area contributed by atoms with E-state index in [0.29, 0.717) is 5.25 Å². The average molecular weight is 235 g/mol. The molecule has 0 spiro atoms. The van der Waals surface area contributed by atoms with Crippen molar-refractivity contribution in [3.05, 3.63) is 0 Å². The van der Waals surface area contributed by atoms with Crippen LogP contribution in [-0.2, 0) is 9.47 Å². The monoisotopic (exact) mass is 235 g/mol. The minimum atomic E-state index is 0.659. The summed E-state index contributed by atoms with van der Waals surface area (Å²) in [4.78, 5) is 0. The lowest BCUT2D eigenvalue weighted by Crippen LogP contribution is -2.25. The molecule has 0 aliphatic rings. The molecule has 0 aromatic heterocycles. The molecular weight excluding hydrogens is 210 g/mol. The number of hydrogen-bond donors (Lipinski definition) is 1. The quantitative estimate of drug-likeness (QED) is 0.553. The van der Waals surface area contributed by atoms with Gasteiger partial charge < -0.3 is 14.8 Å². The summed E-state index contributed by atoms with van der Waals surface area (Å²) in [6.45, 7) is 8.94. The van der Waals surface area contributed by atoms with Crippen molar-refractivity contribution < 1.29 is 9.47 Å². The molecule has 0 aromatic carbocycles. The van der Waals surface area contributed by atoms with Crippen LogP contribution in [0.2, 0.25) is 0 Å². The van der Waals surface area contributed by atoms with Crippen LogP contribution in [0.15, 0.2) is 0 Å². The van der Waals surface area contributed by atoms with Gasteiger partial charge in [-0.2, -0.15) is 11.8 Å². The maximum Gasteiger partial charge on any atom is 0.0553 e. The Balaban J connectivity index is 3.06. The fourth-order valence-corrected chi connectivity index (χ4v) is 2.04. The summed E-state index contributed by atoms with van der Waals surface area (Å²) in [5.41, 5.74) is 0. The Bertz CT molecular complexity index is 125. The maximum atomic E-state index is 5.26. The standard InChI is InChI=1S/C11H25NO2S/c1-4-14-7-5-6-12-10-11(2)15-9-8-13-3/h11-12H,4-10H2,1-3H3. The fourth-order valence-electron chi connectivity index (χ4n) is 1.14. The summed E-state index contributed by atoms with van der Waals surface area (Å²) in [5.74, 6) is 1.08. The highest BCUT2D eigenvalue weighted by atomic mass is 32.2. The molecule has 0 aromatic rings. The Morgan fingerprint density at radius 1 is 1.33 bits per heavy atom. The number of hydrogen-bond acceptors (Lipinski definition) is 4. The van der Waals surface area contributed by atoms with E-state index in [2.05, 4.69) is 12.2 Å². The first-order valence-electron chi connectivity index (χ1n) is 5.70. The van der Waals surface area contributed by atoms with E-state index in [1.165, 1.54) is 0 Å². The zero-order valence-electron chi connectivity index (χ0n) is 10.3. The van der Waals surface area contributed by atoms with Crippen molar-refractivity contribution in [1.29, 1.82) is 0 Å². The number of ether oxygens (including phenoxy) is 2. The van der Waals surface area contributed by atoms with Crippen LogP contribution < -0.4 is 5.32 Å². The molecule has 1 atom stereocenters. The Hall–Kier alpha value is 0.230. The Morgan fingerprint density at radius 3 is 2.80 bits per heavy atom. The van der Waals surface area contributed by atoms with Crippen molar-refractivity contribution in [1.82, 2.24) is 5.32 Å². The molecule has 0 aliphatic heterocycles. The third-order valence-electron chi connectivity index (χ3n) is 1.97. The van der Waals surface area contributed by atoms with E-state index in [1.54, 1.807) is 7.11 Å². The minimum Gasteiger partial charge on any atom is -0.384 e. The Labute approximate surface area is 98.3 Å². The van der Waals surface area contributed by atoms with Gasteiger partial charge in [0.25, 0.3) is 0 Å². The molecular formula is C11H25NO2S. The first-order chi connectivity index (χ1) is 7.31. The molecule has 1 unspecified atom stereocenters. The van der Waals surface area contributed by atoms with E-state index in [1.807, 2.05) is 18.7 Å². The summed E-state index contributed by atoms with van der Waals surface area (Å²) in [5, 5.41) is 4.09. The van der Waals surface area contributed by atoms with Crippen molar-refractivity contribution in [3.8, 4) is 0 Å². The number of thioether (sulfide) groups is 1. The third-order valence-corrected chi connectivity index (χ3v) is 3.11. The lowest BCUT2D eigenvalue weighted by Gasteiger charge is -2.11. The van der Waals surface area contributed by atoms with Crippen LogP contribution in [0.4, 0.5) is 0 Å². The van der Waals surface area contributed by atoms with Gasteiger partial charge in [-0.15, -0.1) is 0 Å². The van der Waals surface area contributed by atoms with Crippen LogP contribution in [0.1, 0.15) is 20.3 Å². The van der Waals surface area contributed by atoms with E-state index >= 15 is 0 Å². The molecule has 0 radical (unpaired) electrons. The molecule has 0 saturated heterocycles. The molecule has 0 amide bonds. The van der Waals surface area contributed by atoms with E-state index in [4.69, 9.17) is 9.47 Å². The highest BCUT2D eigenvalue weighted by molar-refractivity contribution is 7.99. The predicted octanol–water partition coefficient (Wildman–Crippen LogP) is 1.77. The van der Waals surface area contributed by atoms with Gasteiger partial charge >= 0.3 is 0 Å². The van der Waals surface area contributed by atoms with E-state index < -0.39 is 0 Å². The zero-order valence-corrected chi connectivity index (χ0v) is 11.1. The van der Waals surface area contributed by atoms with Gasteiger partial charge in [-0.25, -0.2) is 0 Å². The fraction of sp³-hybridized carbons (Fsp3) is 1.00. The predicted molar refractivity (Wildman–Crippen MR) is 67.8 cm³/mol. The van der Waals surface area contributed by atoms with Gasteiger partial charge in [-0.1, -0.05) is 6.92 Å². The van der Waals surface area contributed by atoms with Crippen LogP contribution in [-0.4, -0.2) is 51.0 Å². The molecule has 15 heavy (non-hydrogen) atoms. The van der Waals surface area contributed by atoms with Gasteiger partial charge in [0.2, 0.25) is 0 Å². The van der Waals surface area contributed by atoms with Gasteiger partial charge in [-0.3, -0.25) is 0 Å². The van der Waals surface area contributed by atoms with Crippen molar-refractivity contribution in [2.75, 3.05) is 45.8 Å². The molecule has 92 valence electrons. The highest BCUT2D eigenvalue weighted by Crippen LogP contribution is 2.08. The summed E-state index contributed by atoms with van der Waals surface area (Å²) in [6.07, 6.45) is 1.10. The second-order valence-corrected chi connectivity index (χ2v) is 4.98. The van der Waals surface area contributed by atoms with Crippen LogP contribution in [0, 0.1) is 0 Å². The highest BCUT2D eigenvalue weighted by Gasteiger charge is 2.00. The molecule has 0 rings (SSSR count). The van der Waals surface area contributed by atoms with Crippen molar-refractivity contribution in [3.63, 3.8) is 0 Å². The Morgan fingerprint density at radius 2 is 2.13 bits per heavy atom. The molecule has 3 nitrogen and oxygen atoms in total. The lowest BCUT2D eigenvalue weighted by molar-refractivity contribution is 0.145. The van der Waals surface area contributed by atoms with Crippen molar-refractivity contribution in [2.45, 2.75) is 25.5 Å². The van der Waals surface area contributed by atoms with E-state index in [9.17, 15) is 0 Å². The van der Waals surface area contributed by atoms with Gasteiger partial charge in [0.15, 0.2) is 0 Å². The maximum absolute atomic E-state index is 5.26. The molecule has 1 N–H and O–H groups in total. The number of rotatable bonds is 11. The molecule has 0 saturated carbocycles. The van der Waals surface area contributed by atoms with Gasteiger partial charge in [0.05, 0.1) is 6.61 Å². The van der Waals surface area contributed by atoms with Gasteiger partial charge in [0.1, 0.15) is 0 Å².